The van der Waals surface area contributed by atoms with Crippen molar-refractivity contribution in [3.8, 4) is 0 Å². The van der Waals surface area contributed by atoms with E-state index < -0.39 is 0 Å². The summed E-state index contributed by atoms with van der Waals surface area (Å²) in [6.07, 6.45) is 5.14. The first kappa shape index (κ1) is 13.4. The Morgan fingerprint density at radius 2 is 1.95 bits per heavy atom. The van der Waals surface area contributed by atoms with Crippen molar-refractivity contribution in [1.82, 2.24) is 10.4 Å². The molecule has 0 atom stereocenters. The highest BCUT2D eigenvalue weighted by molar-refractivity contribution is 5.89. The minimum absolute atomic E-state index is 0.201. The lowest BCUT2D eigenvalue weighted by Gasteiger charge is -2.23. The molecule has 1 aromatic carbocycles. The number of carbonyl (C=O) groups is 1. The highest BCUT2D eigenvalue weighted by atomic mass is 16.2. The Labute approximate surface area is 113 Å². The number of urea groups is 1. The van der Waals surface area contributed by atoms with Crippen molar-refractivity contribution in [3.05, 3.63) is 36.4 Å². The summed E-state index contributed by atoms with van der Waals surface area (Å²) >= 11 is 0. The smallest absolute Gasteiger partial charge is 0.333 e. The van der Waals surface area contributed by atoms with Crippen LogP contribution in [0.25, 0.3) is 0 Å². The van der Waals surface area contributed by atoms with Crippen LogP contribution in [0.3, 0.4) is 0 Å². The molecule has 0 aromatic heterocycles. The fourth-order valence-electron chi connectivity index (χ4n) is 1.89. The molecule has 0 unspecified atom stereocenters. The third-order valence-corrected chi connectivity index (χ3v) is 2.96. The highest BCUT2D eigenvalue weighted by Gasteiger charge is 2.09. The van der Waals surface area contributed by atoms with Gasteiger partial charge in [0.25, 0.3) is 0 Å². The zero-order valence-electron chi connectivity index (χ0n) is 11.4. The standard InChI is InChI=1S/C14H20N4O/c1-17(2)13-8-6-12(7-9-13)15-14(19)16-18-10-4-3-5-11-18/h3-4,6-9H,5,10-11H2,1-2H3,(H2,15,16,19). The van der Waals surface area contributed by atoms with E-state index in [-0.39, 0.29) is 6.03 Å². The summed E-state index contributed by atoms with van der Waals surface area (Å²) in [5, 5.41) is 4.71. The number of hydrogen-bond acceptors (Lipinski definition) is 3. The van der Waals surface area contributed by atoms with Crippen LogP contribution in [0.1, 0.15) is 6.42 Å². The predicted octanol–water partition coefficient (Wildman–Crippen LogP) is 2.05. The minimum Gasteiger partial charge on any atom is -0.378 e. The number of carbonyl (C=O) groups excluding carboxylic acids is 1. The first-order valence-electron chi connectivity index (χ1n) is 6.40. The van der Waals surface area contributed by atoms with Crippen molar-refractivity contribution >= 4 is 17.4 Å². The molecule has 19 heavy (non-hydrogen) atoms. The Hall–Kier alpha value is -2.01. The number of rotatable bonds is 3. The molecule has 1 aliphatic heterocycles. The topological polar surface area (TPSA) is 47.6 Å². The molecule has 1 heterocycles. The minimum atomic E-state index is -0.201. The predicted molar refractivity (Wildman–Crippen MR) is 78.3 cm³/mol. The van der Waals surface area contributed by atoms with Crippen molar-refractivity contribution in [3.63, 3.8) is 0 Å². The lowest BCUT2D eigenvalue weighted by Crippen LogP contribution is -2.45. The molecule has 5 heteroatoms. The molecule has 2 rings (SSSR count). The molecule has 2 amide bonds. The quantitative estimate of drug-likeness (QED) is 0.818. The molecule has 2 N–H and O–H groups in total. The summed E-state index contributed by atoms with van der Waals surface area (Å²) in [4.78, 5) is 13.8. The Bertz CT molecular complexity index is 453. The molecule has 1 aromatic rings. The van der Waals surface area contributed by atoms with Gasteiger partial charge in [-0.3, -0.25) is 5.43 Å². The van der Waals surface area contributed by atoms with Crippen molar-refractivity contribution in [1.29, 1.82) is 0 Å². The zero-order valence-corrected chi connectivity index (χ0v) is 11.4. The monoisotopic (exact) mass is 260 g/mol. The Morgan fingerprint density at radius 3 is 2.53 bits per heavy atom. The van der Waals surface area contributed by atoms with Gasteiger partial charge in [-0.25, -0.2) is 9.80 Å². The molecule has 102 valence electrons. The molecule has 5 nitrogen and oxygen atoms in total. The fourth-order valence-corrected chi connectivity index (χ4v) is 1.89. The SMILES string of the molecule is CN(C)c1ccc(NC(=O)NN2CC=CCC2)cc1. The maximum Gasteiger partial charge on any atom is 0.333 e. The van der Waals surface area contributed by atoms with Gasteiger partial charge in [-0.1, -0.05) is 12.2 Å². The number of amides is 2. The van der Waals surface area contributed by atoms with E-state index in [1.807, 2.05) is 48.3 Å². The van der Waals surface area contributed by atoms with E-state index in [1.54, 1.807) is 0 Å². The lowest BCUT2D eigenvalue weighted by molar-refractivity contribution is 0.196. The second-order valence-electron chi connectivity index (χ2n) is 4.71. The first-order chi connectivity index (χ1) is 9.15. The van der Waals surface area contributed by atoms with Gasteiger partial charge in [0.05, 0.1) is 0 Å². The fraction of sp³-hybridized carbons (Fsp3) is 0.357. The van der Waals surface area contributed by atoms with Crippen molar-refractivity contribution in [2.45, 2.75) is 6.42 Å². The molecule has 1 aliphatic rings. The van der Waals surface area contributed by atoms with Crippen LogP contribution < -0.4 is 15.6 Å². The second-order valence-corrected chi connectivity index (χ2v) is 4.71. The maximum absolute atomic E-state index is 11.8. The average Bonchev–Trinajstić information content (AvgIpc) is 2.40. The molecule has 0 radical (unpaired) electrons. The van der Waals surface area contributed by atoms with Crippen LogP contribution >= 0.6 is 0 Å². The summed E-state index contributed by atoms with van der Waals surface area (Å²) in [6, 6.07) is 7.53. The van der Waals surface area contributed by atoms with Crippen LogP contribution in [0.4, 0.5) is 16.2 Å². The van der Waals surface area contributed by atoms with Crippen molar-refractivity contribution < 1.29 is 4.79 Å². The van der Waals surface area contributed by atoms with E-state index in [0.29, 0.717) is 0 Å². The normalized spacial score (nSPS) is 15.1. The van der Waals surface area contributed by atoms with E-state index in [4.69, 9.17) is 0 Å². The summed E-state index contributed by atoms with van der Waals surface area (Å²) in [5.74, 6) is 0. The van der Waals surface area contributed by atoms with Crippen LogP contribution in [0.15, 0.2) is 36.4 Å². The highest BCUT2D eigenvalue weighted by Crippen LogP contribution is 2.15. The number of nitrogens with one attached hydrogen (secondary N) is 2. The summed E-state index contributed by atoms with van der Waals surface area (Å²) in [6.45, 7) is 1.61. The average molecular weight is 260 g/mol. The first-order valence-corrected chi connectivity index (χ1v) is 6.40. The Balaban J connectivity index is 1.86. The van der Waals surface area contributed by atoms with E-state index in [0.717, 1.165) is 30.9 Å². The van der Waals surface area contributed by atoms with E-state index in [1.165, 1.54) is 0 Å². The summed E-state index contributed by atoms with van der Waals surface area (Å²) in [7, 11) is 3.97. The van der Waals surface area contributed by atoms with Gasteiger partial charge >= 0.3 is 6.03 Å². The van der Waals surface area contributed by atoms with Gasteiger partial charge in [0, 0.05) is 38.6 Å². The number of hydrogen-bond donors (Lipinski definition) is 2. The third-order valence-electron chi connectivity index (χ3n) is 2.96. The number of anilines is 2. The number of nitrogens with zero attached hydrogens (tertiary/aromatic N) is 2. The van der Waals surface area contributed by atoms with Gasteiger partial charge in [-0.15, -0.1) is 0 Å². The molecule has 0 bridgehead atoms. The van der Waals surface area contributed by atoms with Gasteiger partial charge in [0.1, 0.15) is 0 Å². The van der Waals surface area contributed by atoms with Gasteiger partial charge in [0.2, 0.25) is 0 Å². The molecule has 0 saturated carbocycles. The molecule has 0 saturated heterocycles. The van der Waals surface area contributed by atoms with Gasteiger partial charge in [0.15, 0.2) is 0 Å². The summed E-state index contributed by atoms with van der Waals surface area (Å²) < 4.78 is 0. The molecule has 0 aliphatic carbocycles. The van der Waals surface area contributed by atoms with Crippen molar-refractivity contribution in [2.75, 3.05) is 37.4 Å². The Kier molecular flexibility index (Phi) is 4.41. The summed E-state index contributed by atoms with van der Waals surface area (Å²) in [5.41, 5.74) is 4.72. The van der Waals surface area contributed by atoms with Gasteiger partial charge in [-0.05, 0) is 30.7 Å². The van der Waals surface area contributed by atoms with Crippen LogP contribution in [0.2, 0.25) is 0 Å². The van der Waals surface area contributed by atoms with Crippen LogP contribution in [-0.2, 0) is 0 Å². The van der Waals surface area contributed by atoms with Gasteiger partial charge in [-0.2, -0.15) is 0 Å². The number of hydrazine groups is 1. The third kappa shape index (κ3) is 3.99. The van der Waals surface area contributed by atoms with E-state index in [2.05, 4.69) is 22.9 Å². The van der Waals surface area contributed by atoms with E-state index in [9.17, 15) is 4.79 Å². The largest absolute Gasteiger partial charge is 0.378 e. The lowest BCUT2D eigenvalue weighted by atomic mass is 10.2. The zero-order chi connectivity index (χ0) is 13.7. The molecular formula is C14H20N4O. The molecule has 0 spiro atoms. The number of benzene rings is 1. The maximum atomic E-state index is 11.8. The van der Waals surface area contributed by atoms with Crippen LogP contribution in [0.5, 0.6) is 0 Å². The molecular weight excluding hydrogens is 240 g/mol. The van der Waals surface area contributed by atoms with Crippen LogP contribution in [0, 0.1) is 0 Å². The second kappa shape index (κ2) is 6.24. The molecule has 0 fully saturated rings. The Morgan fingerprint density at radius 1 is 1.21 bits per heavy atom. The van der Waals surface area contributed by atoms with Crippen LogP contribution in [-0.4, -0.2) is 38.2 Å². The van der Waals surface area contributed by atoms with E-state index >= 15 is 0 Å². The van der Waals surface area contributed by atoms with Crippen molar-refractivity contribution in [2.24, 2.45) is 0 Å². The van der Waals surface area contributed by atoms with Gasteiger partial charge < -0.3 is 10.2 Å².